The molecule has 0 bridgehead atoms. The van der Waals surface area contributed by atoms with Crippen molar-refractivity contribution >= 4 is 0 Å². The molecule has 0 aromatic rings. The van der Waals surface area contributed by atoms with E-state index in [1.165, 1.54) is 12.8 Å². The third-order valence-electron chi connectivity index (χ3n) is 1.80. The van der Waals surface area contributed by atoms with Crippen LogP contribution >= 0.6 is 0 Å². The predicted octanol–water partition coefficient (Wildman–Crippen LogP) is 2.54. The molecule has 0 aliphatic heterocycles. The van der Waals surface area contributed by atoms with E-state index in [1.54, 1.807) is 14.2 Å². The van der Waals surface area contributed by atoms with Crippen LogP contribution in [0.15, 0.2) is 5.57 Å². The van der Waals surface area contributed by atoms with Crippen molar-refractivity contribution in [3.8, 4) is 0 Å². The molecule has 0 N–H and O–H groups in total. The van der Waals surface area contributed by atoms with Crippen molar-refractivity contribution in [3.05, 3.63) is 12.2 Å². The normalized spacial score (nSPS) is 10.7. The molecule has 0 rings (SSSR count). The van der Waals surface area contributed by atoms with Crippen LogP contribution in [0.3, 0.4) is 0 Å². The minimum absolute atomic E-state index is 0.332. The SMILES string of the molecule is [CH]=C(CCCCC)C(OC)OC. The zero-order chi connectivity index (χ0) is 9.40. The van der Waals surface area contributed by atoms with E-state index >= 15 is 0 Å². The second-order valence-corrected chi connectivity index (χ2v) is 2.84. The Morgan fingerprint density at radius 2 is 1.83 bits per heavy atom. The summed E-state index contributed by atoms with van der Waals surface area (Å²) in [6.07, 6.45) is 4.09. The highest BCUT2D eigenvalue weighted by molar-refractivity contribution is 4.95. The molecule has 0 aliphatic carbocycles. The summed E-state index contributed by atoms with van der Waals surface area (Å²) < 4.78 is 10.0. The number of ether oxygens (including phenoxy) is 2. The van der Waals surface area contributed by atoms with Crippen LogP contribution in [-0.4, -0.2) is 20.5 Å². The molecule has 1 radical (unpaired) electrons. The topological polar surface area (TPSA) is 18.5 Å². The lowest BCUT2D eigenvalue weighted by molar-refractivity contribution is -0.0767. The summed E-state index contributed by atoms with van der Waals surface area (Å²) >= 11 is 0. The lowest BCUT2D eigenvalue weighted by Gasteiger charge is -2.15. The minimum atomic E-state index is -0.332. The summed E-state index contributed by atoms with van der Waals surface area (Å²) in [7, 11) is 3.20. The van der Waals surface area contributed by atoms with Gasteiger partial charge in [0, 0.05) is 14.2 Å². The summed E-state index contributed by atoms with van der Waals surface area (Å²) in [5, 5.41) is 0. The second kappa shape index (κ2) is 7.32. The van der Waals surface area contributed by atoms with Gasteiger partial charge in [-0.25, -0.2) is 0 Å². The third-order valence-corrected chi connectivity index (χ3v) is 1.80. The van der Waals surface area contributed by atoms with Gasteiger partial charge in [0.25, 0.3) is 0 Å². The first-order valence-corrected chi connectivity index (χ1v) is 4.43. The van der Waals surface area contributed by atoms with Gasteiger partial charge >= 0.3 is 0 Å². The van der Waals surface area contributed by atoms with Gasteiger partial charge in [0.15, 0.2) is 6.29 Å². The van der Waals surface area contributed by atoms with Crippen LogP contribution in [-0.2, 0) is 9.47 Å². The molecule has 71 valence electrons. The minimum Gasteiger partial charge on any atom is -0.352 e. The summed E-state index contributed by atoms with van der Waals surface area (Å²) in [5.41, 5.74) is 0.786. The number of rotatable bonds is 7. The molecule has 2 heteroatoms. The van der Waals surface area contributed by atoms with Gasteiger partial charge in [-0.05, 0) is 18.4 Å². The molecule has 0 amide bonds. The molecule has 0 fully saturated rings. The van der Waals surface area contributed by atoms with Crippen LogP contribution < -0.4 is 0 Å². The van der Waals surface area contributed by atoms with Crippen molar-refractivity contribution in [1.29, 1.82) is 0 Å². The molecule has 0 aromatic heterocycles. The van der Waals surface area contributed by atoms with E-state index in [0.717, 1.165) is 18.4 Å². The first kappa shape index (κ1) is 11.7. The Balaban J connectivity index is 3.54. The average molecular weight is 171 g/mol. The lowest BCUT2D eigenvalue weighted by Crippen LogP contribution is -2.15. The average Bonchev–Trinajstić information content (AvgIpc) is 2.07. The van der Waals surface area contributed by atoms with Gasteiger partial charge in [-0.3, -0.25) is 0 Å². The van der Waals surface area contributed by atoms with Gasteiger partial charge < -0.3 is 9.47 Å². The van der Waals surface area contributed by atoms with Crippen LogP contribution in [0.2, 0.25) is 0 Å². The van der Waals surface area contributed by atoms with Gasteiger partial charge in [-0.2, -0.15) is 0 Å². The molecular formula is C10H19O2. The zero-order valence-electron chi connectivity index (χ0n) is 8.30. The summed E-state index contributed by atoms with van der Waals surface area (Å²) in [4.78, 5) is 0. The van der Waals surface area contributed by atoms with Crippen molar-refractivity contribution in [2.24, 2.45) is 0 Å². The molecule has 0 heterocycles. The smallest absolute Gasteiger partial charge is 0.179 e. The van der Waals surface area contributed by atoms with E-state index < -0.39 is 0 Å². The molecule has 0 saturated heterocycles. The van der Waals surface area contributed by atoms with Crippen molar-refractivity contribution in [3.63, 3.8) is 0 Å². The maximum Gasteiger partial charge on any atom is 0.179 e. The monoisotopic (exact) mass is 171 g/mol. The number of methoxy groups -OCH3 is 2. The Kier molecular flexibility index (Phi) is 7.11. The van der Waals surface area contributed by atoms with E-state index in [4.69, 9.17) is 16.1 Å². The van der Waals surface area contributed by atoms with Gasteiger partial charge in [-0.1, -0.05) is 26.3 Å². The van der Waals surface area contributed by atoms with E-state index in [1.807, 2.05) is 0 Å². The van der Waals surface area contributed by atoms with Crippen molar-refractivity contribution in [2.45, 2.75) is 38.9 Å². The molecule has 0 aromatic carbocycles. The highest BCUT2D eigenvalue weighted by Gasteiger charge is 2.08. The van der Waals surface area contributed by atoms with Crippen LogP contribution in [0.25, 0.3) is 0 Å². The molecule has 0 unspecified atom stereocenters. The summed E-state index contributed by atoms with van der Waals surface area (Å²) in [6.45, 7) is 7.91. The van der Waals surface area contributed by atoms with E-state index in [9.17, 15) is 0 Å². The van der Waals surface area contributed by atoms with Crippen molar-refractivity contribution in [2.75, 3.05) is 14.2 Å². The first-order valence-electron chi connectivity index (χ1n) is 4.43. The third kappa shape index (κ3) is 4.52. The molecule has 2 nitrogen and oxygen atoms in total. The maximum atomic E-state index is 5.75. The molecule has 0 saturated carbocycles. The largest absolute Gasteiger partial charge is 0.352 e. The van der Waals surface area contributed by atoms with Gasteiger partial charge in [0.2, 0.25) is 0 Å². The van der Waals surface area contributed by atoms with E-state index in [-0.39, 0.29) is 6.29 Å². The summed E-state index contributed by atoms with van der Waals surface area (Å²) in [6, 6.07) is 0. The molecule has 0 aliphatic rings. The first-order chi connectivity index (χ1) is 5.76. The van der Waals surface area contributed by atoms with E-state index in [0.29, 0.717) is 0 Å². The van der Waals surface area contributed by atoms with Gasteiger partial charge in [-0.15, -0.1) is 0 Å². The molecular weight excluding hydrogens is 152 g/mol. The quantitative estimate of drug-likeness (QED) is 0.433. The predicted molar refractivity (Wildman–Crippen MR) is 49.8 cm³/mol. The van der Waals surface area contributed by atoms with Gasteiger partial charge in [0.1, 0.15) is 0 Å². The number of unbranched alkanes of at least 4 members (excludes halogenated alkanes) is 2. The second-order valence-electron chi connectivity index (χ2n) is 2.84. The Bertz CT molecular complexity index is 117. The molecule has 12 heavy (non-hydrogen) atoms. The highest BCUT2D eigenvalue weighted by Crippen LogP contribution is 2.13. The van der Waals surface area contributed by atoms with Crippen molar-refractivity contribution in [1.82, 2.24) is 0 Å². The van der Waals surface area contributed by atoms with Crippen LogP contribution in [0.1, 0.15) is 32.6 Å². The lowest BCUT2D eigenvalue weighted by atomic mass is 10.1. The standard InChI is InChI=1S/C10H19O2/c1-5-6-7-8-9(2)10(11-3)12-4/h2,10H,5-8H2,1,3-4H3. The Labute approximate surface area is 75.6 Å². The van der Waals surface area contributed by atoms with Crippen LogP contribution in [0.4, 0.5) is 0 Å². The Morgan fingerprint density at radius 3 is 2.25 bits per heavy atom. The maximum absolute atomic E-state index is 5.75. The molecule has 0 atom stereocenters. The zero-order valence-corrected chi connectivity index (χ0v) is 8.30. The number of hydrogen-bond acceptors (Lipinski definition) is 2. The fraction of sp³-hybridized carbons (Fsp3) is 0.800. The van der Waals surface area contributed by atoms with Crippen LogP contribution in [0.5, 0.6) is 0 Å². The van der Waals surface area contributed by atoms with E-state index in [2.05, 4.69) is 6.92 Å². The number of hydrogen-bond donors (Lipinski definition) is 0. The van der Waals surface area contributed by atoms with Crippen LogP contribution in [0, 0.1) is 6.58 Å². The summed E-state index contributed by atoms with van der Waals surface area (Å²) in [5.74, 6) is 0. The molecule has 0 spiro atoms. The fourth-order valence-corrected chi connectivity index (χ4v) is 1.10. The Hall–Kier alpha value is -0.340. The van der Waals surface area contributed by atoms with Crippen molar-refractivity contribution < 1.29 is 9.47 Å². The van der Waals surface area contributed by atoms with Gasteiger partial charge in [0.05, 0.1) is 0 Å². The fourth-order valence-electron chi connectivity index (χ4n) is 1.10. The Morgan fingerprint density at radius 1 is 1.25 bits per heavy atom. The highest BCUT2D eigenvalue weighted by atomic mass is 16.7.